The first kappa shape index (κ1) is 14.5. The van der Waals surface area contributed by atoms with Crippen molar-refractivity contribution in [2.75, 3.05) is 5.32 Å². The van der Waals surface area contributed by atoms with Crippen LogP contribution in [0.4, 0.5) is 5.88 Å². The van der Waals surface area contributed by atoms with Gasteiger partial charge in [0, 0.05) is 21.7 Å². The van der Waals surface area contributed by atoms with Gasteiger partial charge in [0.15, 0.2) is 0 Å². The lowest BCUT2D eigenvalue weighted by molar-refractivity contribution is 0.102. The zero-order valence-electron chi connectivity index (χ0n) is 11.8. The highest BCUT2D eigenvalue weighted by atomic mass is 79.9. The molecule has 3 rings (SSSR count). The third kappa shape index (κ3) is 3.26. The molecule has 0 aliphatic rings. The van der Waals surface area contributed by atoms with Crippen molar-refractivity contribution < 1.29 is 9.32 Å². The predicted molar refractivity (Wildman–Crippen MR) is 88.8 cm³/mol. The van der Waals surface area contributed by atoms with Gasteiger partial charge >= 0.3 is 0 Å². The van der Waals surface area contributed by atoms with Crippen LogP contribution >= 0.6 is 15.9 Å². The number of aromatic nitrogens is 1. The van der Waals surface area contributed by atoms with Gasteiger partial charge in [-0.2, -0.15) is 0 Å². The zero-order chi connectivity index (χ0) is 15.5. The maximum atomic E-state index is 12.1. The van der Waals surface area contributed by atoms with Crippen molar-refractivity contribution in [2.45, 2.75) is 6.92 Å². The highest BCUT2D eigenvalue weighted by Crippen LogP contribution is 2.23. The molecule has 0 atom stereocenters. The molecule has 0 aliphatic carbocycles. The molecule has 1 N–H and O–H groups in total. The number of aryl methyl sites for hydroxylation is 1. The molecule has 3 aromatic rings. The summed E-state index contributed by atoms with van der Waals surface area (Å²) in [5, 5.41) is 6.67. The SMILES string of the molecule is Cc1ccc(C(=O)Nc2cc(-c3ccc(Br)cc3)no2)cc1. The van der Waals surface area contributed by atoms with Gasteiger partial charge in [0.1, 0.15) is 5.69 Å². The van der Waals surface area contributed by atoms with Crippen molar-refractivity contribution in [2.24, 2.45) is 0 Å². The van der Waals surface area contributed by atoms with Gasteiger partial charge in [0.05, 0.1) is 0 Å². The predicted octanol–water partition coefficient (Wildman–Crippen LogP) is 4.66. The molecular weight excluding hydrogens is 344 g/mol. The number of benzene rings is 2. The molecule has 0 fully saturated rings. The van der Waals surface area contributed by atoms with Crippen LogP contribution in [0.3, 0.4) is 0 Å². The number of anilines is 1. The highest BCUT2D eigenvalue weighted by Gasteiger charge is 2.11. The maximum Gasteiger partial charge on any atom is 0.258 e. The van der Waals surface area contributed by atoms with Crippen LogP contribution < -0.4 is 5.32 Å². The first-order chi connectivity index (χ1) is 10.6. The molecule has 0 bridgehead atoms. The molecule has 1 aromatic heterocycles. The Morgan fingerprint density at radius 3 is 2.45 bits per heavy atom. The van der Waals surface area contributed by atoms with Crippen LogP contribution in [0.1, 0.15) is 15.9 Å². The van der Waals surface area contributed by atoms with Crippen molar-refractivity contribution in [3.63, 3.8) is 0 Å². The van der Waals surface area contributed by atoms with Crippen LogP contribution in [0.25, 0.3) is 11.3 Å². The molecule has 2 aromatic carbocycles. The van der Waals surface area contributed by atoms with Crippen molar-refractivity contribution in [1.82, 2.24) is 5.16 Å². The van der Waals surface area contributed by atoms with Crippen LogP contribution in [-0.4, -0.2) is 11.1 Å². The first-order valence-corrected chi connectivity index (χ1v) is 7.52. The van der Waals surface area contributed by atoms with Gasteiger partial charge in [0.2, 0.25) is 5.88 Å². The summed E-state index contributed by atoms with van der Waals surface area (Å²) >= 11 is 3.39. The number of halogens is 1. The van der Waals surface area contributed by atoms with E-state index in [4.69, 9.17) is 4.52 Å². The van der Waals surface area contributed by atoms with E-state index in [0.29, 0.717) is 17.1 Å². The molecule has 0 unspecified atom stereocenters. The number of nitrogens with one attached hydrogen (secondary N) is 1. The fraction of sp³-hybridized carbons (Fsp3) is 0.0588. The van der Waals surface area contributed by atoms with E-state index in [2.05, 4.69) is 26.4 Å². The zero-order valence-corrected chi connectivity index (χ0v) is 13.4. The van der Waals surface area contributed by atoms with E-state index in [1.54, 1.807) is 18.2 Å². The van der Waals surface area contributed by atoms with E-state index >= 15 is 0 Å². The Morgan fingerprint density at radius 2 is 1.77 bits per heavy atom. The van der Waals surface area contributed by atoms with Gasteiger partial charge in [-0.15, -0.1) is 0 Å². The van der Waals surface area contributed by atoms with Gasteiger partial charge in [-0.1, -0.05) is 50.9 Å². The summed E-state index contributed by atoms with van der Waals surface area (Å²) < 4.78 is 6.16. The first-order valence-electron chi connectivity index (χ1n) is 6.72. The van der Waals surface area contributed by atoms with Crippen LogP contribution in [0, 0.1) is 6.92 Å². The largest absolute Gasteiger partial charge is 0.338 e. The second-order valence-electron chi connectivity index (χ2n) is 4.90. The van der Waals surface area contributed by atoms with E-state index in [9.17, 15) is 4.79 Å². The second-order valence-corrected chi connectivity index (χ2v) is 5.82. The fourth-order valence-electron chi connectivity index (χ4n) is 1.98. The second kappa shape index (κ2) is 6.15. The molecule has 1 heterocycles. The molecule has 22 heavy (non-hydrogen) atoms. The summed E-state index contributed by atoms with van der Waals surface area (Å²) in [4.78, 5) is 12.1. The number of nitrogens with zero attached hydrogens (tertiary/aromatic N) is 1. The number of hydrogen-bond acceptors (Lipinski definition) is 3. The van der Waals surface area contributed by atoms with E-state index in [0.717, 1.165) is 15.6 Å². The molecule has 5 heteroatoms. The molecule has 0 spiro atoms. The Morgan fingerprint density at radius 1 is 1.09 bits per heavy atom. The minimum atomic E-state index is -0.224. The average Bonchev–Trinajstić information content (AvgIpc) is 2.97. The van der Waals surface area contributed by atoms with Crippen LogP contribution in [-0.2, 0) is 0 Å². The van der Waals surface area contributed by atoms with Gasteiger partial charge in [-0.05, 0) is 31.2 Å². The molecule has 0 saturated carbocycles. The Bertz CT molecular complexity index is 792. The fourth-order valence-corrected chi connectivity index (χ4v) is 2.24. The monoisotopic (exact) mass is 356 g/mol. The third-order valence-electron chi connectivity index (χ3n) is 3.20. The number of amides is 1. The lowest BCUT2D eigenvalue weighted by Crippen LogP contribution is -2.11. The molecular formula is C17H13BrN2O2. The highest BCUT2D eigenvalue weighted by molar-refractivity contribution is 9.10. The van der Waals surface area contributed by atoms with Gasteiger partial charge in [-0.25, -0.2) is 0 Å². The average molecular weight is 357 g/mol. The van der Waals surface area contributed by atoms with Crippen molar-refractivity contribution in [3.8, 4) is 11.3 Å². The van der Waals surface area contributed by atoms with Gasteiger partial charge in [-0.3, -0.25) is 10.1 Å². The Kier molecular flexibility index (Phi) is 4.06. The molecule has 0 aliphatic heterocycles. The van der Waals surface area contributed by atoms with E-state index in [1.165, 1.54) is 0 Å². The minimum Gasteiger partial charge on any atom is -0.338 e. The number of carbonyl (C=O) groups excluding carboxylic acids is 1. The Hall–Kier alpha value is -2.40. The summed E-state index contributed by atoms with van der Waals surface area (Å²) in [6.07, 6.45) is 0. The van der Waals surface area contributed by atoms with E-state index in [1.807, 2.05) is 43.3 Å². The molecule has 0 saturated heterocycles. The summed E-state index contributed by atoms with van der Waals surface area (Å²) in [7, 11) is 0. The standard InChI is InChI=1S/C17H13BrN2O2/c1-11-2-4-13(5-3-11)17(21)19-16-10-15(20-22-16)12-6-8-14(18)9-7-12/h2-10H,1H3,(H,19,21). The summed E-state index contributed by atoms with van der Waals surface area (Å²) in [5.41, 5.74) is 3.27. The van der Waals surface area contributed by atoms with Crippen LogP contribution in [0.15, 0.2) is 63.6 Å². The smallest absolute Gasteiger partial charge is 0.258 e. The van der Waals surface area contributed by atoms with Crippen molar-refractivity contribution in [1.29, 1.82) is 0 Å². The maximum absolute atomic E-state index is 12.1. The third-order valence-corrected chi connectivity index (χ3v) is 3.73. The molecule has 110 valence electrons. The van der Waals surface area contributed by atoms with Crippen molar-refractivity contribution >= 4 is 27.7 Å². The summed E-state index contributed by atoms with van der Waals surface area (Å²) in [6.45, 7) is 1.97. The topological polar surface area (TPSA) is 55.1 Å². The number of carbonyl (C=O) groups is 1. The van der Waals surface area contributed by atoms with Crippen LogP contribution in [0.5, 0.6) is 0 Å². The molecule has 0 radical (unpaired) electrons. The van der Waals surface area contributed by atoms with E-state index in [-0.39, 0.29) is 5.91 Å². The lowest BCUT2D eigenvalue weighted by Gasteiger charge is -2.01. The van der Waals surface area contributed by atoms with Crippen LogP contribution in [0.2, 0.25) is 0 Å². The Balaban J connectivity index is 1.75. The normalized spacial score (nSPS) is 10.5. The van der Waals surface area contributed by atoms with E-state index < -0.39 is 0 Å². The molecule has 1 amide bonds. The van der Waals surface area contributed by atoms with Crippen molar-refractivity contribution in [3.05, 3.63) is 70.2 Å². The Labute approximate surface area is 136 Å². The summed E-state index contributed by atoms with van der Waals surface area (Å²) in [6, 6.07) is 16.7. The number of rotatable bonds is 3. The quantitative estimate of drug-likeness (QED) is 0.741. The molecule has 4 nitrogen and oxygen atoms in total. The minimum absolute atomic E-state index is 0.224. The summed E-state index contributed by atoms with van der Waals surface area (Å²) in [5.74, 6) is 0.0991. The number of hydrogen-bond donors (Lipinski definition) is 1. The van der Waals surface area contributed by atoms with Gasteiger partial charge in [0.25, 0.3) is 5.91 Å². The van der Waals surface area contributed by atoms with Gasteiger partial charge < -0.3 is 4.52 Å². The lowest BCUT2D eigenvalue weighted by atomic mass is 10.1.